The van der Waals surface area contributed by atoms with Crippen LogP contribution in [0.15, 0.2) is 72.3 Å². The number of benzene rings is 3. The topological polar surface area (TPSA) is 55.8 Å². The van der Waals surface area contributed by atoms with Crippen molar-refractivity contribution in [3.8, 4) is 11.5 Å². The number of aliphatic carboxylic acids is 1. The van der Waals surface area contributed by atoms with Crippen molar-refractivity contribution in [2.75, 3.05) is 7.11 Å². The summed E-state index contributed by atoms with van der Waals surface area (Å²) in [6.07, 6.45) is 0. The molecule has 1 aliphatic carbocycles. The Morgan fingerprint density at radius 2 is 1.62 bits per heavy atom. The summed E-state index contributed by atoms with van der Waals surface area (Å²) < 4.78 is 11.7. The van der Waals surface area contributed by atoms with Crippen molar-refractivity contribution in [2.45, 2.75) is 45.2 Å². The van der Waals surface area contributed by atoms with Gasteiger partial charge in [-0.2, -0.15) is 0 Å². The predicted molar refractivity (Wildman–Crippen MR) is 138 cm³/mol. The van der Waals surface area contributed by atoms with Crippen LogP contribution in [0, 0.1) is 0 Å². The quantitative estimate of drug-likeness (QED) is 0.409. The number of rotatable bonds is 6. The minimum absolute atomic E-state index is 0.0433. The molecule has 0 saturated heterocycles. The van der Waals surface area contributed by atoms with E-state index >= 15 is 0 Å². The van der Waals surface area contributed by atoms with Gasteiger partial charge in [-0.15, -0.1) is 0 Å². The zero-order valence-electron chi connectivity index (χ0n) is 20.6. The number of carboxylic acid groups (broad SMARTS) is 1. The molecule has 0 spiro atoms. The van der Waals surface area contributed by atoms with Crippen molar-refractivity contribution in [2.24, 2.45) is 0 Å². The molecule has 0 saturated carbocycles. The Balaban J connectivity index is 1.98. The molecule has 1 radical (unpaired) electrons. The third-order valence-corrected chi connectivity index (χ3v) is 6.84. The largest absolute Gasteiger partial charge is 0.542 e. The predicted octanol–water partition coefficient (Wildman–Crippen LogP) is 6.65. The second-order valence-electron chi connectivity index (χ2n) is 9.86. The van der Waals surface area contributed by atoms with Crippen LogP contribution in [0.25, 0.3) is 5.57 Å². The van der Waals surface area contributed by atoms with Gasteiger partial charge in [0.1, 0.15) is 11.5 Å². The van der Waals surface area contributed by atoms with Crippen LogP contribution < -0.4 is 9.16 Å². The summed E-state index contributed by atoms with van der Waals surface area (Å²) in [4.78, 5) is 12.8. The van der Waals surface area contributed by atoms with E-state index in [9.17, 15) is 9.90 Å². The SMILES string of the molecule is COc1ccc(C2=C(C(=O)O)C(c3ccc(C(C)(C)C)cc3O[Si](C)C)c3ccccc32)cc1. The molecule has 1 aliphatic rings. The van der Waals surface area contributed by atoms with Gasteiger partial charge in [0.05, 0.1) is 12.7 Å². The maximum absolute atomic E-state index is 12.8. The molecule has 0 bridgehead atoms. The van der Waals surface area contributed by atoms with E-state index in [-0.39, 0.29) is 5.41 Å². The molecule has 1 N–H and O–H groups in total. The number of carboxylic acids is 1. The van der Waals surface area contributed by atoms with Gasteiger partial charge < -0.3 is 14.3 Å². The van der Waals surface area contributed by atoms with Crippen molar-refractivity contribution in [3.63, 3.8) is 0 Å². The zero-order valence-corrected chi connectivity index (χ0v) is 21.6. The van der Waals surface area contributed by atoms with Gasteiger partial charge in [-0.05, 0) is 59.0 Å². The number of methoxy groups -OCH3 is 1. The van der Waals surface area contributed by atoms with Crippen LogP contribution in [0.2, 0.25) is 13.1 Å². The molecule has 1 atom stereocenters. The van der Waals surface area contributed by atoms with Crippen molar-refractivity contribution >= 4 is 20.6 Å². The highest BCUT2D eigenvalue weighted by molar-refractivity contribution is 6.49. The molecule has 34 heavy (non-hydrogen) atoms. The van der Waals surface area contributed by atoms with Crippen LogP contribution >= 0.6 is 0 Å². The first-order valence-corrected chi connectivity index (χ1v) is 13.9. The van der Waals surface area contributed by atoms with E-state index in [4.69, 9.17) is 9.16 Å². The average Bonchev–Trinajstić information content (AvgIpc) is 3.13. The molecule has 3 aromatic rings. The standard InChI is InChI=1S/C29H31O4Si/c1-29(2,3)19-13-16-23(24(17-19)33-34(5)6)26-22-10-8-7-9-21(22)25(27(26)28(30)31)18-11-14-20(32-4)15-12-18/h7-17,26H,1-6H3,(H,30,31). The van der Waals surface area contributed by atoms with Crippen LogP contribution in [0.3, 0.4) is 0 Å². The number of ether oxygens (including phenoxy) is 1. The Hall–Kier alpha value is -3.31. The third-order valence-electron chi connectivity index (χ3n) is 6.21. The van der Waals surface area contributed by atoms with E-state index in [1.54, 1.807) is 7.11 Å². The van der Waals surface area contributed by atoms with Crippen molar-refractivity contribution < 1.29 is 19.1 Å². The smallest absolute Gasteiger partial charge is 0.333 e. The van der Waals surface area contributed by atoms with Crippen LogP contribution in [-0.2, 0) is 10.2 Å². The second kappa shape index (κ2) is 9.14. The number of hydrogen-bond donors (Lipinski definition) is 1. The van der Waals surface area contributed by atoms with Crippen molar-refractivity contribution in [3.05, 3.63) is 100 Å². The molecule has 175 valence electrons. The van der Waals surface area contributed by atoms with Gasteiger partial charge in [-0.1, -0.05) is 69.3 Å². The fraction of sp³-hybridized carbons (Fsp3) is 0.276. The number of carbonyl (C=O) groups is 1. The van der Waals surface area contributed by atoms with E-state index in [0.717, 1.165) is 44.9 Å². The number of fused-ring (bicyclic) bond motifs is 1. The average molecular weight is 472 g/mol. The highest BCUT2D eigenvalue weighted by Gasteiger charge is 2.38. The molecule has 5 heteroatoms. The van der Waals surface area contributed by atoms with Crippen molar-refractivity contribution in [1.82, 2.24) is 0 Å². The van der Waals surface area contributed by atoms with Gasteiger partial charge >= 0.3 is 5.97 Å². The van der Waals surface area contributed by atoms with Gasteiger partial charge in [0.15, 0.2) is 0 Å². The zero-order chi connectivity index (χ0) is 24.6. The summed E-state index contributed by atoms with van der Waals surface area (Å²) in [5.74, 6) is 0.173. The van der Waals surface area contributed by atoms with Crippen LogP contribution in [0.1, 0.15) is 54.5 Å². The van der Waals surface area contributed by atoms with Crippen LogP contribution in [0.5, 0.6) is 11.5 Å². The fourth-order valence-electron chi connectivity index (χ4n) is 4.59. The molecular weight excluding hydrogens is 440 g/mol. The molecule has 0 amide bonds. The summed E-state index contributed by atoms with van der Waals surface area (Å²) >= 11 is 0. The highest BCUT2D eigenvalue weighted by atomic mass is 28.3. The highest BCUT2D eigenvalue weighted by Crippen LogP contribution is 2.50. The van der Waals surface area contributed by atoms with Gasteiger partial charge in [0, 0.05) is 17.1 Å². The molecule has 0 heterocycles. The Kier molecular flexibility index (Phi) is 6.41. The molecule has 0 aromatic heterocycles. The third kappa shape index (κ3) is 4.40. The fourth-order valence-corrected chi connectivity index (χ4v) is 5.21. The lowest BCUT2D eigenvalue weighted by Crippen LogP contribution is -2.18. The van der Waals surface area contributed by atoms with E-state index in [2.05, 4.69) is 52.1 Å². The lowest BCUT2D eigenvalue weighted by atomic mass is 9.82. The first-order valence-electron chi connectivity index (χ1n) is 11.5. The molecule has 0 fully saturated rings. The Morgan fingerprint density at radius 3 is 2.21 bits per heavy atom. The molecule has 3 aromatic carbocycles. The first kappa shape index (κ1) is 23.8. The second-order valence-corrected chi connectivity index (χ2v) is 11.9. The molecule has 0 aliphatic heterocycles. The van der Waals surface area contributed by atoms with Gasteiger partial charge in [0.2, 0.25) is 0 Å². The summed E-state index contributed by atoms with van der Waals surface area (Å²) in [7, 11) is 0.560. The minimum Gasteiger partial charge on any atom is -0.542 e. The lowest BCUT2D eigenvalue weighted by molar-refractivity contribution is -0.132. The molecule has 1 unspecified atom stereocenters. The van der Waals surface area contributed by atoms with E-state index in [1.807, 2.05) is 48.5 Å². The summed E-state index contributed by atoms with van der Waals surface area (Å²) in [6.45, 7) is 10.7. The maximum Gasteiger partial charge on any atom is 0.333 e. The minimum atomic E-state index is -1.06. The monoisotopic (exact) mass is 471 g/mol. The summed E-state index contributed by atoms with van der Waals surface area (Å²) in [6, 6.07) is 21.8. The summed E-state index contributed by atoms with van der Waals surface area (Å²) in [5.41, 5.74) is 5.93. The molecule has 4 nitrogen and oxygen atoms in total. The van der Waals surface area contributed by atoms with Gasteiger partial charge in [-0.25, -0.2) is 4.79 Å². The van der Waals surface area contributed by atoms with Crippen LogP contribution in [-0.4, -0.2) is 27.2 Å². The van der Waals surface area contributed by atoms with Crippen LogP contribution in [0.4, 0.5) is 0 Å². The maximum atomic E-state index is 12.8. The van der Waals surface area contributed by atoms with E-state index < -0.39 is 20.9 Å². The normalized spacial score (nSPS) is 15.4. The number of hydrogen-bond acceptors (Lipinski definition) is 3. The molecule has 4 rings (SSSR count). The van der Waals surface area contributed by atoms with Gasteiger partial charge in [0.25, 0.3) is 9.04 Å². The molecular formula is C29H31O4Si. The van der Waals surface area contributed by atoms with Crippen molar-refractivity contribution in [1.29, 1.82) is 0 Å². The lowest BCUT2D eigenvalue weighted by Gasteiger charge is -2.25. The van der Waals surface area contributed by atoms with E-state index in [1.165, 1.54) is 0 Å². The summed E-state index contributed by atoms with van der Waals surface area (Å²) in [5, 5.41) is 10.5. The Labute approximate surface area is 203 Å². The first-order chi connectivity index (χ1) is 16.1. The van der Waals surface area contributed by atoms with E-state index in [0.29, 0.717) is 5.57 Å². The van der Waals surface area contributed by atoms with Gasteiger partial charge in [-0.3, -0.25) is 0 Å². The Morgan fingerprint density at radius 1 is 0.941 bits per heavy atom. The Bertz CT molecular complexity index is 1250.